The standard InChI is InChI=1S/C10H15NO2.C7H5N3S/c1-3-12-8-5-6-10(13-4-2)9(11)7-8;1-4-5(2-8)7(10)11-6(4)3-9/h5-7H,3-4,11H2,1-2H3;10H2,1H3. The molecule has 0 saturated carbocycles. The molecule has 0 aliphatic heterocycles. The normalized spacial score (nSPS) is 9.21. The molecule has 4 N–H and O–H groups in total. The van der Waals surface area contributed by atoms with Gasteiger partial charge < -0.3 is 20.9 Å². The van der Waals surface area contributed by atoms with Crippen molar-refractivity contribution in [3.8, 4) is 23.6 Å². The van der Waals surface area contributed by atoms with Gasteiger partial charge in [0.2, 0.25) is 0 Å². The minimum atomic E-state index is 0.432. The lowest BCUT2D eigenvalue weighted by molar-refractivity contribution is 0.332. The molecule has 126 valence electrons. The second-order valence-corrected chi connectivity index (χ2v) is 5.64. The summed E-state index contributed by atoms with van der Waals surface area (Å²) in [6.45, 7) is 6.86. The maximum atomic E-state index is 8.58. The number of nitriles is 2. The largest absolute Gasteiger partial charge is 0.494 e. The van der Waals surface area contributed by atoms with Crippen LogP contribution >= 0.6 is 11.3 Å². The number of nitrogens with two attached hydrogens (primary N) is 2. The Morgan fingerprint density at radius 1 is 1.08 bits per heavy atom. The summed E-state index contributed by atoms with van der Waals surface area (Å²) >= 11 is 1.16. The number of hydrogen-bond donors (Lipinski definition) is 2. The highest BCUT2D eigenvalue weighted by atomic mass is 32.1. The smallest absolute Gasteiger partial charge is 0.142 e. The van der Waals surface area contributed by atoms with Crippen LogP contribution in [0.2, 0.25) is 0 Å². The van der Waals surface area contributed by atoms with Crippen LogP contribution in [0.25, 0.3) is 0 Å². The molecule has 0 aliphatic carbocycles. The molecule has 0 aliphatic rings. The number of nitrogen functional groups attached to an aromatic ring is 2. The Labute approximate surface area is 145 Å². The predicted octanol–water partition coefficient (Wildman–Crippen LogP) is 3.45. The summed E-state index contributed by atoms with van der Waals surface area (Å²) in [7, 11) is 0. The van der Waals surface area contributed by atoms with Gasteiger partial charge in [-0.2, -0.15) is 10.5 Å². The van der Waals surface area contributed by atoms with E-state index in [1.54, 1.807) is 13.0 Å². The molecule has 1 aromatic carbocycles. The molecule has 0 bridgehead atoms. The van der Waals surface area contributed by atoms with Crippen molar-refractivity contribution in [3.63, 3.8) is 0 Å². The summed E-state index contributed by atoms with van der Waals surface area (Å²) in [5.74, 6) is 1.49. The van der Waals surface area contributed by atoms with E-state index in [9.17, 15) is 0 Å². The summed E-state index contributed by atoms with van der Waals surface area (Å²) in [6.07, 6.45) is 0. The highest BCUT2D eigenvalue weighted by Gasteiger charge is 2.10. The Kier molecular flexibility index (Phi) is 7.41. The van der Waals surface area contributed by atoms with E-state index in [1.807, 2.05) is 38.1 Å². The Balaban J connectivity index is 0.000000243. The van der Waals surface area contributed by atoms with Gasteiger partial charge in [-0.05, 0) is 38.5 Å². The molecule has 0 atom stereocenters. The first-order valence-electron chi connectivity index (χ1n) is 7.32. The van der Waals surface area contributed by atoms with E-state index in [0.717, 1.165) is 17.1 Å². The molecule has 24 heavy (non-hydrogen) atoms. The summed E-state index contributed by atoms with van der Waals surface area (Å²) < 4.78 is 10.6. The second kappa shape index (κ2) is 9.29. The zero-order valence-corrected chi connectivity index (χ0v) is 14.7. The SMILES string of the molecule is CCOc1ccc(OCC)c(N)c1.Cc1c(C#N)sc(N)c1C#N. The molecule has 0 amide bonds. The van der Waals surface area contributed by atoms with Gasteiger partial charge in [0.25, 0.3) is 0 Å². The van der Waals surface area contributed by atoms with Crippen molar-refractivity contribution in [2.45, 2.75) is 20.8 Å². The third-order valence-corrected chi connectivity index (χ3v) is 4.01. The van der Waals surface area contributed by atoms with E-state index >= 15 is 0 Å². The summed E-state index contributed by atoms with van der Waals surface area (Å²) in [6, 6.07) is 9.38. The lowest BCUT2D eigenvalue weighted by Gasteiger charge is -2.08. The minimum absolute atomic E-state index is 0.432. The Hall–Kier alpha value is -2.90. The lowest BCUT2D eigenvalue weighted by Crippen LogP contribution is -1.98. The van der Waals surface area contributed by atoms with Crippen LogP contribution in [0.5, 0.6) is 11.5 Å². The molecular weight excluding hydrogens is 324 g/mol. The fourth-order valence-corrected chi connectivity index (χ4v) is 2.67. The van der Waals surface area contributed by atoms with Crippen LogP contribution in [0.3, 0.4) is 0 Å². The van der Waals surface area contributed by atoms with Crippen molar-refractivity contribution in [2.75, 3.05) is 24.7 Å². The van der Waals surface area contributed by atoms with E-state index in [-0.39, 0.29) is 0 Å². The van der Waals surface area contributed by atoms with Crippen LogP contribution < -0.4 is 20.9 Å². The van der Waals surface area contributed by atoms with Crippen LogP contribution in [0.15, 0.2) is 18.2 Å². The van der Waals surface area contributed by atoms with Crippen molar-refractivity contribution in [1.29, 1.82) is 10.5 Å². The van der Waals surface area contributed by atoms with Gasteiger partial charge in [0, 0.05) is 6.07 Å². The van der Waals surface area contributed by atoms with Gasteiger partial charge in [-0.3, -0.25) is 0 Å². The maximum absolute atomic E-state index is 8.58. The molecule has 0 spiro atoms. The Morgan fingerprint density at radius 3 is 2.17 bits per heavy atom. The van der Waals surface area contributed by atoms with Crippen molar-refractivity contribution < 1.29 is 9.47 Å². The molecule has 1 heterocycles. The fraction of sp³-hybridized carbons (Fsp3) is 0.294. The molecule has 0 unspecified atom stereocenters. The number of benzene rings is 1. The van der Waals surface area contributed by atoms with Gasteiger partial charge in [-0.15, -0.1) is 11.3 Å². The summed E-state index contributed by atoms with van der Waals surface area (Å²) in [4.78, 5) is 0.527. The molecule has 2 aromatic rings. The molecule has 0 fully saturated rings. The molecule has 7 heteroatoms. The van der Waals surface area contributed by atoms with E-state index in [2.05, 4.69) is 0 Å². The molecule has 1 aromatic heterocycles. The van der Waals surface area contributed by atoms with Crippen LogP contribution in [0, 0.1) is 29.6 Å². The van der Waals surface area contributed by atoms with Gasteiger partial charge in [-0.1, -0.05) is 0 Å². The number of rotatable bonds is 4. The van der Waals surface area contributed by atoms with Crippen molar-refractivity contribution >= 4 is 22.0 Å². The Bertz CT molecular complexity index is 772. The first kappa shape index (κ1) is 19.1. The van der Waals surface area contributed by atoms with Gasteiger partial charge in [0.15, 0.2) is 0 Å². The highest BCUT2D eigenvalue weighted by molar-refractivity contribution is 7.16. The van der Waals surface area contributed by atoms with Gasteiger partial charge in [0.05, 0.1) is 24.5 Å². The van der Waals surface area contributed by atoms with E-state index in [0.29, 0.717) is 45.7 Å². The monoisotopic (exact) mass is 344 g/mol. The van der Waals surface area contributed by atoms with Gasteiger partial charge in [-0.25, -0.2) is 0 Å². The van der Waals surface area contributed by atoms with Gasteiger partial charge in [0.1, 0.15) is 33.5 Å². The van der Waals surface area contributed by atoms with Gasteiger partial charge >= 0.3 is 0 Å². The van der Waals surface area contributed by atoms with Crippen LogP contribution in [-0.2, 0) is 0 Å². The maximum Gasteiger partial charge on any atom is 0.142 e. The summed E-state index contributed by atoms with van der Waals surface area (Å²) in [5, 5.41) is 17.6. The average Bonchev–Trinajstić information content (AvgIpc) is 2.84. The van der Waals surface area contributed by atoms with Crippen LogP contribution in [-0.4, -0.2) is 13.2 Å². The molecule has 0 saturated heterocycles. The molecule has 0 radical (unpaired) electrons. The van der Waals surface area contributed by atoms with E-state index in [1.165, 1.54) is 0 Å². The van der Waals surface area contributed by atoms with Crippen molar-refractivity contribution in [1.82, 2.24) is 0 Å². The number of anilines is 2. The topological polar surface area (TPSA) is 118 Å². The Morgan fingerprint density at radius 2 is 1.75 bits per heavy atom. The zero-order valence-electron chi connectivity index (χ0n) is 13.9. The van der Waals surface area contributed by atoms with E-state index in [4.69, 9.17) is 31.5 Å². The minimum Gasteiger partial charge on any atom is -0.494 e. The highest BCUT2D eigenvalue weighted by Crippen LogP contribution is 2.28. The lowest BCUT2D eigenvalue weighted by atomic mass is 10.2. The number of thiophene rings is 1. The second-order valence-electron chi connectivity index (χ2n) is 4.58. The van der Waals surface area contributed by atoms with Crippen LogP contribution in [0.1, 0.15) is 29.9 Å². The fourth-order valence-electron chi connectivity index (χ4n) is 1.85. The predicted molar refractivity (Wildman–Crippen MR) is 96.1 cm³/mol. The third-order valence-electron chi connectivity index (χ3n) is 2.98. The first-order valence-corrected chi connectivity index (χ1v) is 8.14. The van der Waals surface area contributed by atoms with E-state index < -0.39 is 0 Å². The number of hydrogen-bond acceptors (Lipinski definition) is 7. The first-order chi connectivity index (χ1) is 11.5. The molecule has 6 nitrogen and oxygen atoms in total. The summed E-state index contributed by atoms with van der Waals surface area (Å²) in [5.41, 5.74) is 13.0. The third kappa shape index (κ3) is 4.80. The number of ether oxygens (including phenoxy) is 2. The zero-order chi connectivity index (χ0) is 18.1. The van der Waals surface area contributed by atoms with Crippen molar-refractivity contribution in [2.24, 2.45) is 0 Å². The number of nitrogens with zero attached hydrogens (tertiary/aromatic N) is 2. The van der Waals surface area contributed by atoms with Crippen LogP contribution in [0.4, 0.5) is 10.7 Å². The average molecular weight is 344 g/mol. The molecular formula is C17H20N4O2S. The van der Waals surface area contributed by atoms with Crippen molar-refractivity contribution in [3.05, 3.63) is 34.2 Å². The quantitative estimate of drug-likeness (QED) is 0.820. The molecule has 2 rings (SSSR count).